The summed E-state index contributed by atoms with van der Waals surface area (Å²) in [5.74, 6) is 1.57. The van der Waals surface area contributed by atoms with Gasteiger partial charge >= 0.3 is 0 Å². The molecule has 0 heterocycles. The van der Waals surface area contributed by atoms with Gasteiger partial charge in [0.1, 0.15) is 0 Å². The minimum atomic E-state index is -0.252. The van der Waals surface area contributed by atoms with Gasteiger partial charge in [-0.25, -0.2) is 0 Å². The highest BCUT2D eigenvalue weighted by Crippen LogP contribution is 2.38. The van der Waals surface area contributed by atoms with Crippen LogP contribution >= 0.6 is 0 Å². The van der Waals surface area contributed by atoms with E-state index < -0.39 is 0 Å². The third-order valence-corrected chi connectivity index (χ3v) is 2.60. The van der Waals surface area contributed by atoms with Crippen LogP contribution in [0.25, 0.3) is 0 Å². The molecule has 1 N–H and O–H groups in total. The highest BCUT2D eigenvalue weighted by molar-refractivity contribution is 5.79. The minimum absolute atomic E-state index is 0.0493. The normalized spacial score (nSPS) is 10.9. The molecule has 0 aliphatic heterocycles. The lowest BCUT2D eigenvalue weighted by atomic mass is 10.1. The van der Waals surface area contributed by atoms with E-state index in [0.717, 1.165) is 5.56 Å². The maximum Gasteiger partial charge on any atom is 0.224 e. The van der Waals surface area contributed by atoms with E-state index in [4.69, 9.17) is 14.2 Å². The molecular formula is C15H23NO4. The van der Waals surface area contributed by atoms with Gasteiger partial charge in [0.15, 0.2) is 11.5 Å². The second-order valence-corrected chi connectivity index (χ2v) is 5.51. The van der Waals surface area contributed by atoms with Crippen molar-refractivity contribution in [2.45, 2.75) is 32.7 Å². The van der Waals surface area contributed by atoms with E-state index in [9.17, 15) is 4.79 Å². The molecule has 0 bridgehead atoms. The summed E-state index contributed by atoms with van der Waals surface area (Å²) >= 11 is 0. The van der Waals surface area contributed by atoms with E-state index in [0.29, 0.717) is 17.2 Å². The highest BCUT2D eigenvalue weighted by atomic mass is 16.5. The Hall–Kier alpha value is -1.91. The second kappa shape index (κ2) is 6.50. The number of carbonyl (C=O) groups excluding carboxylic acids is 1. The fourth-order valence-corrected chi connectivity index (χ4v) is 1.89. The van der Waals surface area contributed by atoms with Crippen molar-refractivity contribution in [2.75, 3.05) is 21.3 Å². The number of ether oxygens (including phenoxy) is 3. The standard InChI is InChI=1S/C15H23NO4/c1-15(2,3)16-13(17)9-10-7-11(18-4)14(20-6)12(8-10)19-5/h7-8H,9H2,1-6H3,(H,16,17). The number of amides is 1. The molecule has 1 rings (SSSR count). The van der Waals surface area contributed by atoms with Crippen LogP contribution in [0.1, 0.15) is 26.3 Å². The highest BCUT2D eigenvalue weighted by Gasteiger charge is 2.17. The van der Waals surface area contributed by atoms with Crippen molar-refractivity contribution in [3.63, 3.8) is 0 Å². The number of hydrogen-bond acceptors (Lipinski definition) is 4. The molecule has 0 saturated heterocycles. The Morgan fingerprint density at radius 1 is 1.05 bits per heavy atom. The molecule has 1 aromatic carbocycles. The molecule has 0 fully saturated rings. The van der Waals surface area contributed by atoms with Gasteiger partial charge in [-0.2, -0.15) is 0 Å². The van der Waals surface area contributed by atoms with Gasteiger partial charge in [0.25, 0.3) is 0 Å². The zero-order chi connectivity index (χ0) is 15.3. The molecule has 112 valence electrons. The van der Waals surface area contributed by atoms with Gasteiger partial charge < -0.3 is 19.5 Å². The molecular weight excluding hydrogens is 258 g/mol. The van der Waals surface area contributed by atoms with Crippen LogP contribution in [-0.4, -0.2) is 32.8 Å². The smallest absolute Gasteiger partial charge is 0.224 e. The molecule has 0 saturated carbocycles. The lowest BCUT2D eigenvalue weighted by Crippen LogP contribution is -2.41. The summed E-state index contributed by atoms with van der Waals surface area (Å²) in [5.41, 5.74) is 0.554. The molecule has 1 aromatic rings. The summed E-state index contributed by atoms with van der Waals surface area (Å²) in [6.07, 6.45) is 0.258. The van der Waals surface area contributed by atoms with Crippen LogP contribution in [0.3, 0.4) is 0 Å². The quantitative estimate of drug-likeness (QED) is 0.898. The number of carbonyl (C=O) groups is 1. The first kappa shape index (κ1) is 16.1. The summed E-state index contributed by atoms with van der Waals surface area (Å²) in [6, 6.07) is 3.56. The molecule has 0 unspecified atom stereocenters. The molecule has 0 spiro atoms. The first-order chi connectivity index (χ1) is 9.30. The van der Waals surface area contributed by atoms with Crippen LogP contribution in [0.15, 0.2) is 12.1 Å². The maximum absolute atomic E-state index is 12.0. The topological polar surface area (TPSA) is 56.8 Å². The van der Waals surface area contributed by atoms with Crippen LogP contribution < -0.4 is 19.5 Å². The zero-order valence-electron chi connectivity index (χ0n) is 13.0. The predicted molar refractivity (Wildman–Crippen MR) is 77.7 cm³/mol. The maximum atomic E-state index is 12.0. The summed E-state index contributed by atoms with van der Waals surface area (Å²) in [4.78, 5) is 12.0. The Morgan fingerprint density at radius 2 is 1.55 bits per heavy atom. The minimum Gasteiger partial charge on any atom is -0.493 e. The van der Waals surface area contributed by atoms with Crippen LogP contribution in [0.5, 0.6) is 17.2 Å². The molecule has 0 aliphatic rings. The monoisotopic (exact) mass is 281 g/mol. The second-order valence-electron chi connectivity index (χ2n) is 5.51. The predicted octanol–water partition coefficient (Wildman–Crippen LogP) is 2.17. The largest absolute Gasteiger partial charge is 0.493 e. The summed E-state index contributed by atoms with van der Waals surface area (Å²) in [7, 11) is 4.65. The van der Waals surface area contributed by atoms with E-state index in [-0.39, 0.29) is 17.9 Å². The van der Waals surface area contributed by atoms with Gasteiger partial charge in [0.2, 0.25) is 11.7 Å². The zero-order valence-corrected chi connectivity index (χ0v) is 13.0. The fourth-order valence-electron chi connectivity index (χ4n) is 1.89. The van der Waals surface area contributed by atoms with E-state index in [1.807, 2.05) is 20.8 Å². The van der Waals surface area contributed by atoms with Gasteiger partial charge in [-0.15, -0.1) is 0 Å². The first-order valence-corrected chi connectivity index (χ1v) is 6.40. The summed E-state index contributed by atoms with van der Waals surface area (Å²) in [5, 5.41) is 2.92. The third kappa shape index (κ3) is 4.33. The van der Waals surface area contributed by atoms with Gasteiger partial charge in [0, 0.05) is 5.54 Å². The van der Waals surface area contributed by atoms with Crippen molar-refractivity contribution in [2.24, 2.45) is 0 Å². The summed E-state index contributed by atoms with van der Waals surface area (Å²) < 4.78 is 15.8. The van der Waals surface area contributed by atoms with E-state index >= 15 is 0 Å². The number of benzene rings is 1. The van der Waals surface area contributed by atoms with E-state index in [2.05, 4.69) is 5.32 Å². The molecule has 5 heteroatoms. The average molecular weight is 281 g/mol. The van der Waals surface area contributed by atoms with Gasteiger partial charge in [0.05, 0.1) is 27.8 Å². The Bertz CT molecular complexity index is 452. The third-order valence-electron chi connectivity index (χ3n) is 2.60. The SMILES string of the molecule is COc1cc(CC(=O)NC(C)(C)C)cc(OC)c1OC. The fraction of sp³-hybridized carbons (Fsp3) is 0.533. The number of rotatable bonds is 5. The van der Waals surface area contributed by atoms with Crippen molar-refractivity contribution in [1.82, 2.24) is 5.32 Å². The van der Waals surface area contributed by atoms with Crippen LogP contribution in [0.2, 0.25) is 0 Å². The van der Waals surface area contributed by atoms with Gasteiger partial charge in [-0.05, 0) is 38.5 Å². The molecule has 0 radical (unpaired) electrons. The van der Waals surface area contributed by atoms with Crippen molar-refractivity contribution in [3.8, 4) is 17.2 Å². The Balaban J connectivity index is 2.99. The van der Waals surface area contributed by atoms with Crippen LogP contribution in [0.4, 0.5) is 0 Å². The lowest BCUT2D eigenvalue weighted by molar-refractivity contribution is -0.121. The Morgan fingerprint density at radius 3 is 1.90 bits per heavy atom. The van der Waals surface area contributed by atoms with Crippen LogP contribution in [-0.2, 0) is 11.2 Å². The van der Waals surface area contributed by atoms with E-state index in [1.165, 1.54) is 0 Å². The molecule has 0 atom stereocenters. The van der Waals surface area contributed by atoms with E-state index in [1.54, 1.807) is 33.5 Å². The Kier molecular flexibility index (Phi) is 5.25. The Labute approximate surface area is 120 Å². The number of methoxy groups -OCH3 is 3. The van der Waals surface area contributed by atoms with Crippen molar-refractivity contribution >= 4 is 5.91 Å². The molecule has 5 nitrogen and oxygen atoms in total. The first-order valence-electron chi connectivity index (χ1n) is 6.40. The number of hydrogen-bond donors (Lipinski definition) is 1. The number of nitrogens with one attached hydrogen (secondary N) is 1. The summed E-state index contributed by atoms with van der Waals surface area (Å²) in [6.45, 7) is 5.83. The van der Waals surface area contributed by atoms with Crippen molar-refractivity contribution in [3.05, 3.63) is 17.7 Å². The van der Waals surface area contributed by atoms with Gasteiger partial charge in [-0.1, -0.05) is 0 Å². The van der Waals surface area contributed by atoms with Gasteiger partial charge in [-0.3, -0.25) is 4.79 Å². The van der Waals surface area contributed by atoms with Crippen molar-refractivity contribution < 1.29 is 19.0 Å². The molecule has 20 heavy (non-hydrogen) atoms. The molecule has 0 aliphatic carbocycles. The molecule has 1 amide bonds. The average Bonchev–Trinajstić information content (AvgIpc) is 2.35. The van der Waals surface area contributed by atoms with Crippen molar-refractivity contribution in [1.29, 1.82) is 0 Å². The van der Waals surface area contributed by atoms with Crippen LogP contribution in [0, 0.1) is 0 Å². The lowest BCUT2D eigenvalue weighted by Gasteiger charge is -2.21. The molecule has 0 aromatic heterocycles.